The molecule has 0 spiro atoms. The molecule has 1 aromatic rings. The Hall–Kier alpha value is -1.60. The summed E-state index contributed by atoms with van der Waals surface area (Å²) in [7, 11) is 1.33. The summed E-state index contributed by atoms with van der Waals surface area (Å²) < 4.78 is 4.71. The van der Waals surface area contributed by atoms with Gasteiger partial charge in [0, 0.05) is 0 Å². The number of halogens is 1. The fourth-order valence-electron chi connectivity index (χ4n) is 1.31. The summed E-state index contributed by atoms with van der Waals surface area (Å²) in [4.78, 5) is 19.5. The highest BCUT2D eigenvalue weighted by Crippen LogP contribution is 2.21. The molecule has 0 saturated carbocycles. The zero-order chi connectivity index (χ0) is 13.7. The molecular formula is C10H16ClN5O2. The third kappa shape index (κ3) is 3.44. The van der Waals surface area contributed by atoms with Gasteiger partial charge in [0.2, 0.25) is 5.95 Å². The lowest BCUT2D eigenvalue weighted by Gasteiger charge is -2.20. The molecule has 8 heteroatoms. The standard InChI is InChI=1S/C10H16ClN5O2/c1-5(2)7(9(17)18-3)14-8-6(11)4-13-10(15-8)16-12/h4-5,7H,12H2,1-3H3,(H2,13,14,15,16). The molecule has 0 aliphatic heterocycles. The highest BCUT2D eigenvalue weighted by molar-refractivity contribution is 6.32. The number of nitrogens with two attached hydrogens (primary N) is 1. The van der Waals surface area contributed by atoms with Crippen LogP contribution in [-0.2, 0) is 9.53 Å². The number of nitrogens with zero attached hydrogens (tertiary/aromatic N) is 2. The quantitative estimate of drug-likeness (QED) is 0.418. The number of rotatable bonds is 5. The fourth-order valence-corrected chi connectivity index (χ4v) is 1.46. The van der Waals surface area contributed by atoms with Crippen molar-refractivity contribution in [3.05, 3.63) is 11.2 Å². The molecule has 0 fully saturated rings. The van der Waals surface area contributed by atoms with Crippen LogP contribution in [0.25, 0.3) is 0 Å². The average Bonchev–Trinajstić information content (AvgIpc) is 2.36. The Morgan fingerprint density at radius 3 is 2.72 bits per heavy atom. The number of hydrogen-bond donors (Lipinski definition) is 3. The van der Waals surface area contributed by atoms with Gasteiger partial charge in [-0.3, -0.25) is 5.43 Å². The van der Waals surface area contributed by atoms with Crippen molar-refractivity contribution in [1.29, 1.82) is 0 Å². The van der Waals surface area contributed by atoms with Crippen molar-refractivity contribution in [2.75, 3.05) is 17.9 Å². The van der Waals surface area contributed by atoms with E-state index in [0.29, 0.717) is 10.8 Å². The molecule has 0 saturated heterocycles. The first-order valence-electron chi connectivity index (χ1n) is 5.33. The lowest BCUT2D eigenvalue weighted by molar-refractivity contribution is -0.142. The third-order valence-electron chi connectivity index (χ3n) is 2.29. The Morgan fingerprint density at radius 1 is 1.56 bits per heavy atom. The summed E-state index contributed by atoms with van der Waals surface area (Å²) >= 11 is 5.94. The molecule has 7 nitrogen and oxygen atoms in total. The number of ether oxygens (including phenoxy) is 1. The monoisotopic (exact) mass is 273 g/mol. The Morgan fingerprint density at radius 2 is 2.22 bits per heavy atom. The second-order valence-corrected chi connectivity index (χ2v) is 4.33. The van der Waals surface area contributed by atoms with E-state index < -0.39 is 6.04 Å². The summed E-state index contributed by atoms with van der Waals surface area (Å²) in [6, 6.07) is -0.548. The van der Waals surface area contributed by atoms with Gasteiger partial charge in [-0.05, 0) is 5.92 Å². The number of hydrogen-bond acceptors (Lipinski definition) is 7. The number of aromatic nitrogens is 2. The van der Waals surface area contributed by atoms with Crippen LogP contribution in [0.1, 0.15) is 13.8 Å². The van der Waals surface area contributed by atoms with E-state index >= 15 is 0 Å². The summed E-state index contributed by atoms with van der Waals surface area (Å²) in [5, 5.41) is 3.21. The SMILES string of the molecule is COC(=O)C(Nc1nc(NN)ncc1Cl)C(C)C. The number of methoxy groups -OCH3 is 1. The van der Waals surface area contributed by atoms with Crippen molar-refractivity contribution in [3.8, 4) is 0 Å². The van der Waals surface area contributed by atoms with Gasteiger partial charge in [-0.2, -0.15) is 4.98 Å². The van der Waals surface area contributed by atoms with E-state index in [2.05, 4.69) is 20.7 Å². The number of esters is 1. The molecule has 0 bridgehead atoms. The number of carbonyl (C=O) groups is 1. The Kier molecular flexibility index (Phi) is 5.11. The van der Waals surface area contributed by atoms with Gasteiger partial charge in [-0.25, -0.2) is 15.6 Å². The van der Waals surface area contributed by atoms with E-state index in [1.165, 1.54) is 13.3 Å². The molecule has 1 rings (SSSR count). The summed E-state index contributed by atoms with van der Waals surface area (Å²) in [5.74, 6) is 5.36. The molecule has 0 amide bonds. The smallest absolute Gasteiger partial charge is 0.328 e. The third-order valence-corrected chi connectivity index (χ3v) is 2.56. The first kappa shape index (κ1) is 14.5. The fraction of sp³-hybridized carbons (Fsp3) is 0.500. The predicted molar refractivity (Wildman–Crippen MR) is 69.1 cm³/mol. The van der Waals surface area contributed by atoms with Crippen molar-refractivity contribution < 1.29 is 9.53 Å². The van der Waals surface area contributed by atoms with Crippen LogP contribution in [0.4, 0.5) is 11.8 Å². The van der Waals surface area contributed by atoms with Gasteiger partial charge in [-0.15, -0.1) is 0 Å². The maximum absolute atomic E-state index is 11.6. The minimum absolute atomic E-state index is 0.0118. The van der Waals surface area contributed by atoms with Gasteiger partial charge in [0.25, 0.3) is 0 Å². The van der Waals surface area contributed by atoms with Crippen molar-refractivity contribution in [2.45, 2.75) is 19.9 Å². The van der Waals surface area contributed by atoms with Gasteiger partial charge in [-0.1, -0.05) is 25.4 Å². The molecule has 1 unspecified atom stereocenters. The second-order valence-electron chi connectivity index (χ2n) is 3.92. The van der Waals surface area contributed by atoms with Crippen LogP contribution in [0.2, 0.25) is 5.02 Å². The molecule has 0 radical (unpaired) electrons. The van der Waals surface area contributed by atoms with Crippen molar-refractivity contribution in [1.82, 2.24) is 9.97 Å². The van der Waals surface area contributed by atoms with Crippen LogP contribution in [0.3, 0.4) is 0 Å². The van der Waals surface area contributed by atoms with E-state index in [1.54, 1.807) is 0 Å². The lowest BCUT2D eigenvalue weighted by atomic mass is 10.0. The number of nitrogens with one attached hydrogen (secondary N) is 2. The molecule has 0 aliphatic rings. The van der Waals surface area contributed by atoms with Gasteiger partial charge in [0.05, 0.1) is 13.3 Å². The van der Waals surface area contributed by atoms with E-state index in [-0.39, 0.29) is 17.8 Å². The van der Waals surface area contributed by atoms with E-state index in [1.807, 2.05) is 13.8 Å². The van der Waals surface area contributed by atoms with Crippen molar-refractivity contribution in [3.63, 3.8) is 0 Å². The Bertz CT molecular complexity index is 427. The maximum atomic E-state index is 11.6. The maximum Gasteiger partial charge on any atom is 0.328 e. The minimum atomic E-state index is -0.548. The van der Waals surface area contributed by atoms with E-state index in [4.69, 9.17) is 22.2 Å². The zero-order valence-electron chi connectivity index (χ0n) is 10.4. The Balaban J connectivity index is 2.96. The van der Waals surface area contributed by atoms with Crippen LogP contribution in [0.15, 0.2) is 6.20 Å². The van der Waals surface area contributed by atoms with Crippen LogP contribution in [0.5, 0.6) is 0 Å². The topological polar surface area (TPSA) is 102 Å². The number of hydrazine groups is 1. The molecule has 18 heavy (non-hydrogen) atoms. The highest BCUT2D eigenvalue weighted by atomic mass is 35.5. The van der Waals surface area contributed by atoms with Crippen LogP contribution < -0.4 is 16.6 Å². The van der Waals surface area contributed by atoms with Crippen LogP contribution in [-0.4, -0.2) is 29.1 Å². The van der Waals surface area contributed by atoms with Gasteiger partial charge in [0.1, 0.15) is 11.1 Å². The van der Waals surface area contributed by atoms with Gasteiger partial charge in [0.15, 0.2) is 5.82 Å². The molecule has 1 heterocycles. The molecule has 1 aromatic heterocycles. The molecule has 100 valence electrons. The summed E-state index contributed by atoms with van der Waals surface area (Å²) in [5.41, 5.74) is 2.30. The molecule has 4 N–H and O–H groups in total. The molecule has 0 aliphatic carbocycles. The van der Waals surface area contributed by atoms with Gasteiger partial charge < -0.3 is 10.1 Å². The average molecular weight is 274 g/mol. The molecular weight excluding hydrogens is 258 g/mol. The highest BCUT2D eigenvalue weighted by Gasteiger charge is 2.24. The lowest BCUT2D eigenvalue weighted by Crippen LogP contribution is -2.36. The summed E-state index contributed by atoms with van der Waals surface area (Å²) in [6.45, 7) is 3.76. The number of nitrogen functional groups attached to an aromatic ring is 1. The van der Waals surface area contributed by atoms with Crippen molar-refractivity contribution >= 4 is 29.3 Å². The largest absolute Gasteiger partial charge is 0.467 e. The van der Waals surface area contributed by atoms with Crippen molar-refractivity contribution in [2.24, 2.45) is 11.8 Å². The zero-order valence-corrected chi connectivity index (χ0v) is 11.2. The van der Waals surface area contributed by atoms with Crippen LogP contribution in [0, 0.1) is 5.92 Å². The van der Waals surface area contributed by atoms with Gasteiger partial charge >= 0.3 is 5.97 Å². The number of carbonyl (C=O) groups excluding carboxylic acids is 1. The predicted octanol–water partition coefficient (Wildman–Crippen LogP) is 1.03. The van der Waals surface area contributed by atoms with E-state index in [9.17, 15) is 4.79 Å². The molecule has 0 aromatic carbocycles. The first-order valence-corrected chi connectivity index (χ1v) is 5.71. The Labute approximate surface area is 110 Å². The number of anilines is 2. The second kappa shape index (κ2) is 6.36. The first-order chi connectivity index (χ1) is 8.49. The minimum Gasteiger partial charge on any atom is -0.467 e. The van der Waals surface area contributed by atoms with Crippen LogP contribution >= 0.6 is 11.6 Å². The van der Waals surface area contributed by atoms with E-state index in [0.717, 1.165) is 0 Å². The summed E-state index contributed by atoms with van der Waals surface area (Å²) in [6.07, 6.45) is 1.39. The normalized spacial score (nSPS) is 12.1. The molecule has 1 atom stereocenters.